The standard InChI is InChI=1S/C16H11Br2N5/c1-9-6-10(17)7-11-14(12-4-2-3-5-19-12)20-8-13-21-22-16(18)23(13)15(9)11/h2-7H,8H2,1H3. The van der Waals surface area contributed by atoms with Crippen LogP contribution >= 0.6 is 31.9 Å². The summed E-state index contributed by atoms with van der Waals surface area (Å²) in [6.07, 6.45) is 1.78. The van der Waals surface area contributed by atoms with Crippen LogP contribution in [-0.4, -0.2) is 25.5 Å². The topological polar surface area (TPSA) is 56.0 Å². The monoisotopic (exact) mass is 431 g/mol. The second kappa shape index (κ2) is 5.65. The molecule has 23 heavy (non-hydrogen) atoms. The second-order valence-electron chi connectivity index (χ2n) is 5.22. The van der Waals surface area contributed by atoms with Crippen LogP contribution in [0.2, 0.25) is 0 Å². The van der Waals surface area contributed by atoms with E-state index in [0.29, 0.717) is 11.3 Å². The average molecular weight is 433 g/mol. The zero-order valence-corrected chi connectivity index (χ0v) is 15.3. The molecule has 1 aliphatic heterocycles. The van der Waals surface area contributed by atoms with Gasteiger partial charge in [-0.25, -0.2) is 0 Å². The Labute approximate surface area is 149 Å². The molecule has 0 unspecified atom stereocenters. The molecular formula is C16H11Br2N5. The maximum absolute atomic E-state index is 4.76. The number of halogens is 2. The fraction of sp³-hybridized carbons (Fsp3) is 0.125. The maximum Gasteiger partial charge on any atom is 0.204 e. The molecule has 0 radical (unpaired) electrons. The number of hydrogen-bond acceptors (Lipinski definition) is 4. The molecular weight excluding hydrogens is 422 g/mol. The molecule has 0 bridgehead atoms. The van der Waals surface area contributed by atoms with Crippen molar-refractivity contribution in [3.05, 3.63) is 68.4 Å². The van der Waals surface area contributed by atoms with Gasteiger partial charge in [-0.15, -0.1) is 10.2 Å². The van der Waals surface area contributed by atoms with Crippen LogP contribution in [0.3, 0.4) is 0 Å². The number of rotatable bonds is 1. The summed E-state index contributed by atoms with van der Waals surface area (Å²) in [6, 6.07) is 9.99. The van der Waals surface area contributed by atoms with E-state index in [1.165, 1.54) is 0 Å². The molecule has 114 valence electrons. The quantitative estimate of drug-likeness (QED) is 0.586. The van der Waals surface area contributed by atoms with E-state index in [1.54, 1.807) is 6.20 Å². The van der Waals surface area contributed by atoms with Gasteiger partial charge in [0.15, 0.2) is 5.82 Å². The molecule has 5 nitrogen and oxygen atoms in total. The predicted molar refractivity (Wildman–Crippen MR) is 95.1 cm³/mol. The Morgan fingerprint density at radius 1 is 1.13 bits per heavy atom. The van der Waals surface area contributed by atoms with Crippen molar-refractivity contribution in [2.75, 3.05) is 0 Å². The van der Waals surface area contributed by atoms with Crippen LogP contribution in [0.25, 0.3) is 5.69 Å². The fourth-order valence-corrected chi connectivity index (χ4v) is 3.82. The number of aliphatic imine (C=N–C) groups is 1. The minimum atomic E-state index is 0.455. The molecule has 2 aromatic heterocycles. The van der Waals surface area contributed by atoms with Crippen LogP contribution < -0.4 is 0 Å². The van der Waals surface area contributed by atoms with Crippen molar-refractivity contribution in [3.63, 3.8) is 0 Å². The van der Waals surface area contributed by atoms with Gasteiger partial charge in [-0.3, -0.25) is 14.5 Å². The zero-order chi connectivity index (χ0) is 16.0. The van der Waals surface area contributed by atoms with Gasteiger partial charge in [0, 0.05) is 16.2 Å². The Kier molecular flexibility index (Phi) is 3.61. The fourth-order valence-electron chi connectivity index (χ4n) is 2.79. The van der Waals surface area contributed by atoms with Gasteiger partial charge in [0.2, 0.25) is 4.73 Å². The van der Waals surface area contributed by atoms with E-state index in [0.717, 1.165) is 38.5 Å². The van der Waals surface area contributed by atoms with Gasteiger partial charge in [-0.05, 0) is 52.7 Å². The molecule has 0 saturated carbocycles. The molecule has 0 N–H and O–H groups in total. The summed E-state index contributed by atoms with van der Waals surface area (Å²) in [7, 11) is 0. The van der Waals surface area contributed by atoms with Crippen molar-refractivity contribution in [1.29, 1.82) is 0 Å². The third-order valence-electron chi connectivity index (χ3n) is 3.72. The van der Waals surface area contributed by atoms with Crippen molar-refractivity contribution in [2.24, 2.45) is 4.99 Å². The first-order chi connectivity index (χ1) is 11.1. The third kappa shape index (κ3) is 2.44. The van der Waals surface area contributed by atoms with E-state index in [9.17, 15) is 0 Å². The average Bonchev–Trinajstić information content (AvgIpc) is 2.80. The zero-order valence-electron chi connectivity index (χ0n) is 12.2. The summed E-state index contributed by atoms with van der Waals surface area (Å²) in [5.41, 5.74) is 4.86. The molecule has 1 aliphatic rings. The minimum absolute atomic E-state index is 0.455. The highest BCUT2D eigenvalue weighted by atomic mass is 79.9. The van der Waals surface area contributed by atoms with Crippen molar-refractivity contribution in [2.45, 2.75) is 13.5 Å². The van der Waals surface area contributed by atoms with Crippen LogP contribution in [0.5, 0.6) is 0 Å². The van der Waals surface area contributed by atoms with Crippen molar-refractivity contribution >= 4 is 37.6 Å². The van der Waals surface area contributed by atoms with Gasteiger partial charge in [0.05, 0.1) is 17.1 Å². The molecule has 0 aliphatic carbocycles. The summed E-state index contributed by atoms with van der Waals surface area (Å²) in [6.45, 7) is 2.53. The van der Waals surface area contributed by atoms with Crippen molar-refractivity contribution in [3.8, 4) is 5.69 Å². The first-order valence-electron chi connectivity index (χ1n) is 7.01. The predicted octanol–water partition coefficient (Wildman–Crippen LogP) is 3.85. The molecule has 0 fully saturated rings. The van der Waals surface area contributed by atoms with E-state index >= 15 is 0 Å². The van der Waals surface area contributed by atoms with E-state index in [-0.39, 0.29) is 0 Å². The molecule has 4 rings (SSSR count). The molecule has 0 amide bonds. The summed E-state index contributed by atoms with van der Waals surface area (Å²) in [5, 5.41) is 8.37. The number of aryl methyl sites for hydroxylation is 1. The lowest BCUT2D eigenvalue weighted by Gasteiger charge is -2.15. The Hall–Kier alpha value is -1.86. The number of benzene rings is 1. The SMILES string of the molecule is Cc1cc(Br)cc2c1-n1c(Br)nnc1CN=C2c1ccccn1. The minimum Gasteiger partial charge on any atom is -0.274 e. The van der Waals surface area contributed by atoms with E-state index in [2.05, 4.69) is 66.1 Å². The Morgan fingerprint density at radius 2 is 2.00 bits per heavy atom. The summed E-state index contributed by atoms with van der Waals surface area (Å²) >= 11 is 7.08. The van der Waals surface area contributed by atoms with Gasteiger partial charge < -0.3 is 0 Å². The van der Waals surface area contributed by atoms with Crippen LogP contribution in [0.1, 0.15) is 22.6 Å². The highest BCUT2D eigenvalue weighted by Gasteiger charge is 2.24. The first kappa shape index (κ1) is 14.7. The highest BCUT2D eigenvalue weighted by Crippen LogP contribution is 2.32. The van der Waals surface area contributed by atoms with Crippen molar-refractivity contribution in [1.82, 2.24) is 19.7 Å². The third-order valence-corrected chi connectivity index (χ3v) is 4.69. The molecule has 3 heterocycles. The molecule has 0 spiro atoms. The summed E-state index contributed by atoms with van der Waals surface area (Å²) in [5.74, 6) is 0.800. The van der Waals surface area contributed by atoms with Crippen LogP contribution in [0.15, 0.2) is 50.7 Å². The molecule has 7 heteroatoms. The smallest absolute Gasteiger partial charge is 0.204 e. The number of nitrogens with zero attached hydrogens (tertiary/aromatic N) is 5. The molecule has 3 aromatic rings. The van der Waals surface area contributed by atoms with Gasteiger partial charge >= 0.3 is 0 Å². The van der Waals surface area contributed by atoms with Gasteiger partial charge in [0.25, 0.3) is 0 Å². The van der Waals surface area contributed by atoms with E-state index < -0.39 is 0 Å². The lowest BCUT2D eigenvalue weighted by Crippen LogP contribution is -2.10. The Balaban J connectivity index is 2.06. The van der Waals surface area contributed by atoms with Crippen LogP contribution in [-0.2, 0) is 6.54 Å². The maximum atomic E-state index is 4.76. The Morgan fingerprint density at radius 3 is 2.78 bits per heavy atom. The lowest BCUT2D eigenvalue weighted by molar-refractivity contribution is 0.862. The molecule has 1 aromatic carbocycles. The Bertz CT molecular complexity index is 931. The summed E-state index contributed by atoms with van der Waals surface area (Å²) in [4.78, 5) is 9.23. The van der Waals surface area contributed by atoms with Gasteiger partial charge in [-0.2, -0.15) is 0 Å². The lowest BCUT2D eigenvalue weighted by atomic mass is 10.0. The largest absolute Gasteiger partial charge is 0.274 e. The number of fused-ring (bicyclic) bond motifs is 3. The second-order valence-corrected chi connectivity index (χ2v) is 6.84. The van der Waals surface area contributed by atoms with E-state index in [4.69, 9.17) is 4.99 Å². The summed E-state index contributed by atoms with van der Waals surface area (Å²) < 4.78 is 3.69. The number of aromatic nitrogens is 4. The van der Waals surface area contributed by atoms with Gasteiger partial charge in [-0.1, -0.05) is 22.0 Å². The number of pyridine rings is 1. The van der Waals surface area contributed by atoms with Crippen molar-refractivity contribution < 1.29 is 0 Å². The first-order valence-corrected chi connectivity index (χ1v) is 8.60. The number of hydrogen-bond donors (Lipinski definition) is 0. The highest BCUT2D eigenvalue weighted by molar-refractivity contribution is 9.10. The molecule has 0 atom stereocenters. The van der Waals surface area contributed by atoms with Crippen LogP contribution in [0, 0.1) is 6.92 Å². The van der Waals surface area contributed by atoms with E-state index in [1.807, 2.05) is 22.8 Å². The van der Waals surface area contributed by atoms with Crippen LogP contribution in [0.4, 0.5) is 0 Å². The van der Waals surface area contributed by atoms with Gasteiger partial charge in [0.1, 0.15) is 6.54 Å². The molecule has 0 saturated heterocycles. The normalized spacial score (nSPS) is 13.1.